The fraction of sp³-hybridized carbons (Fsp3) is 0.452. The van der Waals surface area contributed by atoms with Gasteiger partial charge in [-0.3, -0.25) is 19.3 Å². The number of fused-ring (bicyclic) bond motifs is 4. The highest BCUT2D eigenvalue weighted by molar-refractivity contribution is 6.24. The Balaban J connectivity index is 1.46. The van der Waals surface area contributed by atoms with Gasteiger partial charge < -0.3 is 31.1 Å². The van der Waals surface area contributed by atoms with Crippen molar-refractivity contribution in [1.82, 2.24) is 9.80 Å². The van der Waals surface area contributed by atoms with E-state index in [-0.39, 0.29) is 29.7 Å². The standard InChI is InChI=1S/C31H35N3O7/c1-33(2)24-20-11-18-10-17-9-16-7-6-15(13-34(3)12-14-4-5-14)8-19(16)25(35)21(17)26(36)22(18)28(38)31(20,41)29(39)23(27(24)37)30(32)40/h6-9,14,18,20,24,35-36,39,41H,4-5,10-13H2,1-3H3,(H2,32,40)/t18-,20-,24-,31-/m0/s1. The fourth-order valence-electron chi connectivity index (χ4n) is 7.27. The maximum Gasteiger partial charge on any atom is 0.255 e. The van der Waals surface area contributed by atoms with Crippen LogP contribution in [-0.2, 0) is 27.3 Å². The van der Waals surface area contributed by atoms with Crippen LogP contribution in [0.3, 0.4) is 0 Å². The van der Waals surface area contributed by atoms with Crippen molar-refractivity contribution >= 4 is 34.0 Å². The lowest BCUT2D eigenvalue weighted by molar-refractivity contribution is -0.153. The van der Waals surface area contributed by atoms with E-state index in [1.54, 1.807) is 14.1 Å². The SMILES string of the molecule is CN(Cc1ccc2cc3c(c(O)c2c1)C(O)=C1C(=O)[C@]2(O)C(O)=C(C(N)=O)C(=O)[C@@H](N(C)C)[C@@H]2C[C@@H]1C3)CC1CC1. The maximum atomic E-state index is 14.0. The molecule has 4 aliphatic rings. The van der Waals surface area contributed by atoms with Crippen LogP contribution in [0.15, 0.2) is 41.2 Å². The van der Waals surface area contributed by atoms with Crippen LogP contribution in [0.1, 0.15) is 36.0 Å². The Labute approximate surface area is 237 Å². The van der Waals surface area contributed by atoms with E-state index in [0.29, 0.717) is 17.5 Å². The lowest BCUT2D eigenvalue weighted by Crippen LogP contribution is -2.65. The van der Waals surface area contributed by atoms with Crippen LogP contribution in [0.5, 0.6) is 5.75 Å². The van der Waals surface area contributed by atoms with Gasteiger partial charge in [-0.05, 0) is 81.2 Å². The molecule has 0 radical (unpaired) electrons. The number of aliphatic hydroxyl groups is 3. The Morgan fingerprint density at radius 1 is 1.10 bits per heavy atom. The number of hydrogen-bond acceptors (Lipinski definition) is 9. The van der Waals surface area contributed by atoms with Crippen molar-refractivity contribution in [2.75, 3.05) is 27.7 Å². The number of carbonyl (C=O) groups is 3. The Bertz CT molecular complexity index is 1590. The number of carbonyl (C=O) groups excluding carboxylic acids is 3. The summed E-state index contributed by atoms with van der Waals surface area (Å²) >= 11 is 0. The maximum absolute atomic E-state index is 14.0. The third-order valence-corrected chi connectivity index (χ3v) is 9.31. The van der Waals surface area contributed by atoms with E-state index < -0.39 is 58.0 Å². The zero-order valence-electron chi connectivity index (χ0n) is 23.3. The summed E-state index contributed by atoms with van der Waals surface area (Å²) in [6.45, 7) is 1.71. The Morgan fingerprint density at radius 3 is 2.44 bits per heavy atom. The van der Waals surface area contributed by atoms with E-state index in [0.717, 1.165) is 23.4 Å². The fourth-order valence-corrected chi connectivity index (χ4v) is 7.27. The number of aromatic hydroxyl groups is 1. The lowest BCUT2D eigenvalue weighted by Gasteiger charge is -2.50. The minimum atomic E-state index is -2.64. The zero-order chi connectivity index (χ0) is 29.5. The first-order valence-corrected chi connectivity index (χ1v) is 13.9. The molecular formula is C31H35N3O7. The van der Waals surface area contributed by atoms with Gasteiger partial charge in [0.25, 0.3) is 5.91 Å². The minimum Gasteiger partial charge on any atom is -0.508 e. The lowest BCUT2D eigenvalue weighted by atomic mass is 9.57. The number of amides is 1. The molecule has 1 amide bonds. The van der Waals surface area contributed by atoms with Gasteiger partial charge in [-0.2, -0.15) is 0 Å². The molecule has 10 heteroatoms. The number of phenols is 1. The van der Waals surface area contributed by atoms with Gasteiger partial charge in [0.15, 0.2) is 11.4 Å². The van der Waals surface area contributed by atoms with Crippen molar-refractivity contribution in [2.45, 2.75) is 43.9 Å². The molecule has 4 aliphatic carbocycles. The number of Topliss-reactive ketones (excluding diaryl/α,β-unsaturated/α-hetero) is 2. The Hall–Kier alpha value is -3.73. The molecule has 6 N–H and O–H groups in total. The quantitative estimate of drug-likeness (QED) is 0.332. The van der Waals surface area contributed by atoms with Crippen LogP contribution in [-0.4, -0.2) is 87.0 Å². The summed E-state index contributed by atoms with van der Waals surface area (Å²) in [6, 6.07) is 6.62. The average Bonchev–Trinajstić information content (AvgIpc) is 3.70. The smallest absolute Gasteiger partial charge is 0.255 e. The first kappa shape index (κ1) is 27.4. The van der Waals surface area contributed by atoms with Crippen LogP contribution in [0, 0.1) is 17.8 Å². The van der Waals surface area contributed by atoms with Gasteiger partial charge in [0.1, 0.15) is 22.8 Å². The summed E-state index contributed by atoms with van der Waals surface area (Å²) in [7, 11) is 5.22. The second-order valence-corrected chi connectivity index (χ2v) is 12.4. The number of hydrogen-bond donors (Lipinski definition) is 5. The van der Waals surface area contributed by atoms with Gasteiger partial charge in [0.2, 0.25) is 5.78 Å². The molecule has 0 unspecified atom stereocenters. The summed E-state index contributed by atoms with van der Waals surface area (Å²) in [5.41, 5.74) is 3.52. The topological polar surface area (TPSA) is 165 Å². The predicted octanol–water partition coefficient (Wildman–Crippen LogP) is 1.96. The van der Waals surface area contributed by atoms with Crippen molar-refractivity contribution in [3.8, 4) is 5.75 Å². The van der Waals surface area contributed by atoms with E-state index in [1.165, 1.54) is 17.7 Å². The predicted molar refractivity (Wildman–Crippen MR) is 151 cm³/mol. The third kappa shape index (κ3) is 4.07. The van der Waals surface area contributed by atoms with Crippen molar-refractivity contribution < 1.29 is 34.8 Å². The molecule has 2 saturated carbocycles. The number of nitrogens with zero attached hydrogens (tertiary/aromatic N) is 2. The summed E-state index contributed by atoms with van der Waals surface area (Å²) in [5, 5.41) is 47.0. The van der Waals surface area contributed by atoms with E-state index in [2.05, 4.69) is 11.9 Å². The molecule has 0 heterocycles. The van der Waals surface area contributed by atoms with Gasteiger partial charge in [-0.1, -0.05) is 18.2 Å². The van der Waals surface area contributed by atoms with E-state index >= 15 is 0 Å². The monoisotopic (exact) mass is 561 g/mol. The van der Waals surface area contributed by atoms with Crippen LogP contribution < -0.4 is 5.73 Å². The molecule has 0 aliphatic heterocycles. The number of aliphatic hydroxyl groups excluding tert-OH is 2. The van der Waals surface area contributed by atoms with E-state index in [9.17, 15) is 34.8 Å². The van der Waals surface area contributed by atoms with Crippen molar-refractivity contribution in [3.63, 3.8) is 0 Å². The van der Waals surface area contributed by atoms with Crippen molar-refractivity contribution in [3.05, 3.63) is 57.9 Å². The molecule has 0 aromatic heterocycles. The summed E-state index contributed by atoms with van der Waals surface area (Å²) in [6.07, 6.45) is 2.84. The van der Waals surface area contributed by atoms with Crippen LogP contribution in [0.4, 0.5) is 0 Å². The number of phenolic OH excluding ortho intramolecular Hbond substituents is 1. The number of likely N-dealkylation sites (N-methyl/N-ethyl adjacent to an activating group) is 1. The van der Waals surface area contributed by atoms with Gasteiger partial charge in [-0.25, -0.2) is 0 Å². The molecule has 6 rings (SSSR count). The number of primary amides is 1. The second-order valence-electron chi connectivity index (χ2n) is 12.4. The van der Waals surface area contributed by atoms with Crippen LogP contribution in [0.25, 0.3) is 16.5 Å². The van der Waals surface area contributed by atoms with Gasteiger partial charge in [0.05, 0.1) is 11.6 Å². The van der Waals surface area contributed by atoms with Gasteiger partial charge >= 0.3 is 0 Å². The number of ketones is 2. The molecule has 0 bridgehead atoms. The summed E-state index contributed by atoms with van der Waals surface area (Å²) < 4.78 is 0. The summed E-state index contributed by atoms with van der Waals surface area (Å²) in [5.74, 6) is -5.70. The molecule has 2 aromatic rings. The van der Waals surface area contributed by atoms with Gasteiger partial charge in [-0.15, -0.1) is 0 Å². The van der Waals surface area contributed by atoms with E-state index in [1.807, 2.05) is 24.3 Å². The summed E-state index contributed by atoms with van der Waals surface area (Å²) in [4.78, 5) is 43.1. The molecule has 4 atom stereocenters. The highest BCUT2D eigenvalue weighted by Gasteiger charge is 2.64. The van der Waals surface area contributed by atoms with E-state index in [4.69, 9.17) is 5.73 Å². The third-order valence-electron chi connectivity index (χ3n) is 9.31. The number of benzene rings is 2. The molecule has 41 heavy (non-hydrogen) atoms. The molecule has 0 saturated heterocycles. The van der Waals surface area contributed by atoms with Crippen molar-refractivity contribution in [1.29, 1.82) is 0 Å². The van der Waals surface area contributed by atoms with Crippen LogP contribution in [0.2, 0.25) is 0 Å². The largest absolute Gasteiger partial charge is 0.508 e. The molecular weight excluding hydrogens is 526 g/mol. The zero-order valence-corrected chi connectivity index (χ0v) is 23.3. The Morgan fingerprint density at radius 2 is 1.80 bits per heavy atom. The number of nitrogens with two attached hydrogens (primary N) is 1. The minimum absolute atomic E-state index is 0.0663. The van der Waals surface area contributed by atoms with Crippen molar-refractivity contribution in [2.24, 2.45) is 23.5 Å². The van der Waals surface area contributed by atoms with Crippen LogP contribution >= 0.6 is 0 Å². The highest BCUT2D eigenvalue weighted by atomic mass is 16.3. The normalized spacial score (nSPS) is 27.9. The average molecular weight is 562 g/mol. The first-order valence-electron chi connectivity index (χ1n) is 13.9. The molecule has 2 fully saturated rings. The first-order chi connectivity index (χ1) is 19.3. The second kappa shape index (κ2) is 9.40. The van der Waals surface area contributed by atoms with Gasteiger partial charge in [0, 0.05) is 30.0 Å². The highest BCUT2D eigenvalue weighted by Crippen LogP contribution is 2.53. The molecule has 216 valence electrons. The molecule has 2 aromatic carbocycles. The number of rotatable bonds is 6. The Kier molecular flexibility index (Phi) is 6.29. The molecule has 0 spiro atoms. The molecule has 10 nitrogen and oxygen atoms in total.